The van der Waals surface area contributed by atoms with E-state index in [0.717, 1.165) is 31.7 Å². The van der Waals surface area contributed by atoms with Crippen LogP contribution in [0.3, 0.4) is 0 Å². The van der Waals surface area contributed by atoms with Gasteiger partial charge in [0.25, 0.3) is 0 Å². The summed E-state index contributed by atoms with van der Waals surface area (Å²) in [6, 6.07) is 6.49. The average Bonchev–Trinajstić information content (AvgIpc) is 2.65. The summed E-state index contributed by atoms with van der Waals surface area (Å²) in [5.41, 5.74) is 3.68. The molecule has 2 atom stereocenters. The largest absolute Gasteiger partial charge is 0.465 e. The van der Waals surface area contributed by atoms with Crippen molar-refractivity contribution in [3.63, 3.8) is 0 Å². The highest BCUT2D eigenvalue weighted by molar-refractivity contribution is 5.69. The molecule has 0 bridgehead atoms. The first kappa shape index (κ1) is 15.2. The molecule has 5 nitrogen and oxygen atoms in total. The van der Waals surface area contributed by atoms with Gasteiger partial charge < -0.3 is 19.6 Å². The molecule has 1 aromatic carbocycles. The lowest BCUT2D eigenvalue weighted by Crippen LogP contribution is -2.44. The van der Waals surface area contributed by atoms with Crippen molar-refractivity contribution in [2.24, 2.45) is 0 Å². The van der Waals surface area contributed by atoms with Gasteiger partial charge in [-0.25, -0.2) is 4.79 Å². The third kappa shape index (κ3) is 2.65. The maximum Gasteiger partial charge on any atom is 0.407 e. The fraction of sp³-hybridized carbons (Fsp3) is 0.588. The minimum atomic E-state index is -0.838. The molecule has 1 aromatic rings. The molecule has 0 fully saturated rings. The lowest BCUT2D eigenvalue weighted by molar-refractivity contribution is 0.128. The van der Waals surface area contributed by atoms with Gasteiger partial charge in [-0.1, -0.05) is 18.2 Å². The van der Waals surface area contributed by atoms with E-state index < -0.39 is 6.09 Å². The summed E-state index contributed by atoms with van der Waals surface area (Å²) in [6.07, 6.45) is 0.226. The van der Waals surface area contributed by atoms with Crippen LogP contribution in [-0.4, -0.2) is 48.4 Å². The molecule has 0 spiro atoms. The van der Waals surface area contributed by atoms with Crippen molar-refractivity contribution < 1.29 is 14.6 Å². The molecule has 0 aliphatic carbocycles. The molecular formula is C17H24N2O3. The number of carboxylic acid groups (broad SMARTS) is 1. The van der Waals surface area contributed by atoms with E-state index in [9.17, 15) is 9.90 Å². The predicted octanol–water partition coefficient (Wildman–Crippen LogP) is 2.90. The van der Waals surface area contributed by atoms with Gasteiger partial charge in [-0.2, -0.15) is 0 Å². The topological polar surface area (TPSA) is 53.0 Å². The zero-order valence-corrected chi connectivity index (χ0v) is 13.3. The van der Waals surface area contributed by atoms with Crippen LogP contribution in [0.15, 0.2) is 18.2 Å². The van der Waals surface area contributed by atoms with E-state index in [4.69, 9.17) is 4.74 Å². The van der Waals surface area contributed by atoms with Gasteiger partial charge in [0, 0.05) is 37.3 Å². The first-order valence-corrected chi connectivity index (χ1v) is 8.05. The Bertz CT molecular complexity index is 561. The van der Waals surface area contributed by atoms with Gasteiger partial charge >= 0.3 is 6.09 Å². The second-order valence-electron chi connectivity index (χ2n) is 6.21. The first-order valence-electron chi connectivity index (χ1n) is 8.05. The number of hydrogen-bond acceptors (Lipinski definition) is 3. The maximum absolute atomic E-state index is 11.5. The lowest BCUT2D eigenvalue weighted by Gasteiger charge is -2.39. The van der Waals surface area contributed by atoms with Crippen LogP contribution in [0.2, 0.25) is 0 Å². The molecular weight excluding hydrogens is 280 g/mol. The Morgan fingerprint density at radius 1 is 1.45 bits per heavy atom. The molecule has 2 aliphatic heterocycles. The van der Waals surface area contributed by atoms with Crippen LogP contribution in [0.25, 0.3) is 0 Å². The lowest BCUT2D eigenvalue weighted by atomic mass is 9.88. The zero-order chi connectivity index (χ0) is 15.7. The molecule has 22 heavy (non-hydrogen) atoms. The Morgan fingerprint density at radius 2 is 2.27 bits per heavy atom. The van der Waals surface area contributed by atoms with E-state index in [1.54, 1.807) is 0 Å². The number of amides is 1. The molecule has 2 unspecified atom stereocenters. The SMILES string of the molecule is CCOCC1CCN2c3c(cccc31)CN(C(=O)O)CC2C. The van der Waals surface area contributed by atoms with E-state index in [-0.39, 0.29) is 6.04 Å². The van der Waals surface area contributed by atoms with Gasteiger partial charge in [0.2, 0.25) is 0 Å². The van der Waals surface area contributed by atoms with E-state index in [2.05, 4.69) is 24.0 Å². The predicted molar refractivity (Wildman–Crippen MR) is 85.5 cm³/mol. The molecule has 120 valence electrons. The molecule has 2 heterocycles. The van der Waals surface area contributed by atoms with Crippen LogP contribution in [0, 0.1) is 0 Å². The van der Waals surface area contributed by atoms with Crippen molar-refractivity contribution in [3.05, 3.63) is 29.3 Å². The van der Waals surface area contributed by atoms with Crippen molar-refractivity contribution in [2.45, 2.75) is 38.8 Å². The van der Waals surface area contributed by atoms with Crippen LogP contribution >= 0.6 is 0 Å². The number of carbonyl (C=O) groups is 1. The maximum atomic E-state index is 11.5. The van der Waals surface area contributed by atoms with Gasteiger partial charge in [0.15, 0.2) is 0 Å². The molecule has 0 aromatic heterocycles. The summed E-state index contributed by atoms with van der Waals surface area (Å²) >= 11 is 0. The molecule has 3 rings (SSSR count). The Morgan fingerprint density at radius 3 is 3.00 bits per heavy atom. The average molecular weight is 304 g/mol. The fourth-order valence-corrected chi connectivity index (χ4v) is 3.69. The van der Waals surface area contributed by atoms with Crippen LogP contribution in [0.4, 0.5) is 10.5 Å². The standard InChI is InChI=1S/C17H24N2O3/c1-3-22-11-14-7-8-19-12(2)9-18(17(20)21)10-13-5-4-6-15(14)16(13)19/h4-6,12,14H,3,7-11H2,1-2H3,(H,20,21). The number of para-hydroxylation sites is 1. The van der Waals surface area contributed by atoms with Crippen molar-refractivity contribution in [1.29, 1.82) is 0 Å². The highest BCUT2D eigenvalue weighted by atomic mass is 16.5. The zero-order valence-electron chi connectivity index (χ0n) is 13.3. The Balaban J connectivity index is 2.00. The van der Waals surface area contributed by atoms with Crippen molar-refractivity contribution in [1.82, 2.24) is 4.90 Å². The molecule has 5 heteroatoms. The molecule has 0 saturated heterocycles. The number of benzene rings is 1. The molecule has 1 N–H and O–H groups in total. The molecule has 1 amide bonds. The van der Waals surface area contributed by atoms with Crippen molar-refractivity contribution in [3.8, 4) is 0 Å². The van der Waals surface area contributed by atoms with Crippen LogP contribution < -0.4 is 4.90 Å². The summed E-state index contributed by atoms with van der Waals surface area (Å²) in [5.74, 6) is 0.412. The van der Waals surface area contributed by atoms with E-state index >= 15 is 0 Å². The number of rotatable bonds is 3. The summed E-state index contributed by atoms with van der Waals surface area (Å²) in [4.78, 5) is 15.4. The van der Waals surface area contributed by atoms with Crippen molar-refractivity contribution in [2.75, 3.05) is 31.2 Å². The van der Waals surface area contributed by atoms with Crippen LogP contribution in [0.5, 0.6) is 0 Å². The monoisotopic (exact) mass is 304 g/mol. The quantitative estimate of drug-likeness (QED) is 0.933. The first-order chi connectivity index (χ1) is 10.6. The van der Waals surface area contributed by atoms with E-state index in [1.807, 2.05) is 13.0 Å². The minimum absolute atomic E-state index is 0.201. The highest BCUT2D eigenvalue weighted by Gasteiger charge is 2.34. The third-order valence-electron chi connectivity index (χ3n) is 4.77. The second kappa shape index (κ2) is 6.16. The minimum Gasteiger partial charge on any atom is -0.465 e. The van der Waals surface area contributed by atoms with E-state index in [1.165, 1.54) is 16.2 Å². The Labute approximate surface area is 131 Å². The molecule has 2 aliphatic rings. The smallest absolute Gasteiger partial charge is 0.407 e. The van der Waals surface area contributed by atoms with E-state index in [0.29, 0.717) is 19.0 Å². The van der Waals surface area contributed by atoms with Crippen LogP contribution in [0.1, 0.15) is 37.3 Å². The van der Waals surface area contributed by atoms with Crippen molar-refractivity contribution >= 4 is 11.8 Å². The second-order valence-corrected chi connectivity index (χ2v) is 6.21. The Hall–Kier alpha value is -1.75. The number of anilines is 1. The number of ether oxygens (including phenoxy) is 1. The normalized spacial score (nSPS) is 23.9. The number of nitrogens with zero attached hydrogens (tertiary/aromatic N) is 2. The van der Waals surface area contributed by atoms with Gasteiger partial charge in [-0.3, -0.25) is 0 Å². The summed E-state index contributed by atoms with van der Waals surface area (Å²) < 4.78 is 5.65. The summed E-state index contributed by atoms with van der Waals surface area (Å²) in [6.45, 7) is 7.62. The number of hydrogen-bond donors (Lipinski definition) is 1. The van der Waals surface area contributed by atoms with Gasteiger partial charge in [0.1, 0.15) is 0 Å². The molecule has 0 radical (unpaired) electrons. The highest BCUT2D eigenvalue weighted by Crippen LogP contribution is 2.41. The third-order valence-corrected chi connectivity index (χ3v) is 4.77. The summed E-state index contributed by atoms with van der Waals surface area (Å²) in [7, 11) is 0. The van der Waals surface area contributed by atoms with Gasteiger partial charge in [-0.05, 0) is 31.4 Å². The fourth-order valence-electron chi connectivity index (χ4n) is 3.69. The molecule has 0 saturated carbocycles. The van der Waals surface area contributed by atoms with Gasteiger partial charge in [-0.15, -0.1) is 0 Å². The Kier molecular flexibility index (Phi) is 4.25. The van der Waals surface area contributed by atoms with Crippen LogP contribution in [-0.2, 0) is 11.3 Å². The van der Waals surface area contributed by atoms with Gasteiger partial charge in [0.05, 0.1) is 13.2 Å². The summed E-state index contributed by atoms with van der Waals surface area (Å²) in [5, 5.41) is 9.41.